The molecule has 1 fully saturated rings. The molecular formula is C24H31N3O2S. The average Bonchev–Trinajstić information content (AvgIpc) is 2.79. The van der Waals surface area contributed by atoms with Crippen LogP contribution in [0.5, 0.6) is 0 Å². The second-order valence-electron chi connectivity index (χ2n) is 7.96. The average molecular weight is 426 g/mol. The number of nitrogens with one attached hydrogen (secondary N) is 2. The molecule has 2 N–H and O–H groups in total. The van der Waals surface area contributed by atoms with Crippen molar-refractivity contribution >= 4 is 24.6 Å². The van der Waals surface area contributed by atoms with Gasteiger partial charge >= 0.3 is 6.03 Å². The molecule has 6 heteroatoms. The predicted octanol–water partition coefficient (Wildman–Crippen LogP) is 3.45. The summed E-state index contributed by atoms with van der Waals surface area (Å²) in [6, 6.07) is 19.2. The summed E-state index contributed by atoms with van der Waals surface area (Å²) in [5.41, 5.74) is 1.85. The van der Waals surface area contributed by atoms with Crippen LogP contribution in [0.15, 0.2) is 60.7 Å². The number of piperidine rings is 1. The Balaban J connectivity index is 1.79. The number of nitrogens with zero attached hydrogens (tertiary/aromatic N) is 1. The lowest BCUT2D eigenvalue weighted by Crippen LogP contribution is -2.62. The zero-order valence-corrected chi connectivity index (χ0v) is 18.4. The van der Waals surface area contributed by atoms with Crippen LogP contribution in [0, 0.1) is 0 Å². The monoisotopic (exact) mass is 425 g/mol. The Kier molecular flexibility index (Phi) is 7.80. The molecule has 0 aromatic heterocycles. The number of carbonyl (C=O) groups is 2. The van der Waals surface area contributed by atoms with Crippen molar-refractivity contribution in [3.8, 4) is 0 Å². The van der Waals surface area contributed by atoms with Crippen LogP contribution in [0.25, 0.3) is 0 Å². The lowest BCUT2D eigenvalue weighted by Gasteiger charge is -2.47. The molecule has 0 bridgehead atoms. The largest absolute Gasteiger partial charge is 0.357 e. The molecule has 30 heavy (non-hydrogen) atoms. The maximum Gasteiger partial charge on any atom is 0.318 e. The van der Waals surface area contributed by atoms with E-state index in [-0.39, 0.29) is 17.5 Å². The fourth-order valence-electron chi connectivity index (χ4n) is 4.25. The summed E-state index contributed by atoms with van der Waals surface area (Å²) in [5.74, 6) is 0.391. The zero-order valence-electron chi connectivity index (χ0n) is 17.5. The van der Waals surface area contributed by atoms with Crippen molar-refractivity contribution in [2.45, 2.75) is 43.7 Å². The molecule has 1 aliphatic rings. The van der Waals surface area contributed by atoms with E-state index in [9.17, 15) is 9.59 Å². The lowest BCUT2D eigenvalue weighted by molar-refractivity contribution is -0.122. The fourth-order valence-corrected chi connectivity index (χ4v) is 4.69. The Morgan fingerprint density at radius 3 is 2.27 bits per heavy atom. The first kappa shape index (κ1) is 22.2. The molecule has 0 aliphatic carbocycles. The lowest BCUT2D eigenvalue weighted by atomic mass is 9.83. The van der Waals surface area contributed by atoms with Crippen molar-refractivity contribution in [1.82, 2.24) is 15.5 Å². The molecule has 0 radical (unpaired) electrons. The second kappa shape index (κ2) is 10.5. The summed E-state index contributed by atoms with van der Waals surface area (Å²) in [6.45, 7) is 0.672. The topological polar surface area (TPSA) is 61.4 Å². The molecule has 1 heterocycles. The highest BCUT2D eigenvalue weighted by Gasteiger charge is 2.41. The third-order valence-corrected chi connectivity index (χ3v) is 6.49. The molecule has 3 rings (SSSR count). The molecule has 2 aromatic carbocycles. The van der Waals surface area contributed by atoms with Crippen molar-refractivity contribution in [3.05, 3.63) is 71.8 Å². The molecule has 3 amide bonds. The van der Waals surface area contributed by atoms with Gasteiger partial charge in [-0.05, 0) is 36.8 Å². The fraction of sp³-hybridized carbons (Fsp3) is 0.417. The number of rotatable bonds is 7. The van der Waals surface area contributed by atoms with Gasteiger partial charge in [-0.2, -0.15) is 12.6 Å². The van der Waals surface area contributed by atoms with Crippen LogP contribution in [0.1, 0.15) is 30.4 Å². The molecule has 1 saturated heterocycles. The van der Waals surface area contributed by atoms with Crippen LogP contribution in [0.3, 0.4) is 0 Å². The minimum absolute atomic E-state index is 0.191. The molecule has 2 atom stereocenters. The molecule has 0 spiro atoms. The first-order valence-corrected chi connectivity index (χ1v) is 11.2. The van der Waals surface area contributed by atoms with E-state index in [1.54, 1.807) is 7.05 Å². The van der Waals surface area contributed by atoms with Gasteiger partial charge in [-0.25, -0.2) is 4.79 Å². The maximum absolute atomic E-state index is 13.4. The predicted molar refractivity (Wildman–Crippen MR) is 124 cm³/mol. The molecule has 5 nitrogen and oxygen atoms in total. The van der Waals surface area contributed by atoms with Crippen molar-refractivity contribution in [2.75, 3.05) is 19.3 Å². The second-order valence-corrected chi connectivity index (χ2v) is 8.28. The maximum atomic E-state index is 13.4. The number of hydrogen-bond acceptors (Lipinski definition) is 3. The van der Waals surface area contributed by atoms with Gasteiger partial charge in [0.15, 0.2) is 0 Å². The molecule has 0 saturated carbocycles. The van der Waals surface area contributed by atoms with Crippen molar-refractivity contribution < 1.29 is 9.59 Å². The van der Waals surface area contributed by atoms with E-state index in [2.05, 4.69) is 35.4 Å². The van der Waals surface area contributed by atoms with Gasteiger partial charge in [0.1, 0.15) is 6.04 Å². The van der Waals surface area contributed by atoms with Crippen molar-refractivity contribution in [2.24, 2.45) is 0 Å². The van der Waals surface area contributed by atoms with Crippen LogP contribution in [-0.2, 0) is 17.6 Å². The van der Waals surface area contributed by atoms with E-state index in [1.807, 2.05) is 53.4 Å². The quantitative estimate of drug-likeness (QED) is 0.595. The van der Waals surface area contributed by atoms with E-state index >= 15 is 0 Å². The third-order valence-electron chi connectivity index (χ3n) is 5.91. The van der Waals surface area contributed by atoms with Gasteiger partial charge < -0.3 is 15.5 Å². The Hall–Kier alpha value is -2.47. The van der Waals surface area contributed by atoms with E-state index < -0.39 is 6.04 Å². The number of urea groups is 1. The minimum atomic E-state index is -0.624. The van der Waals surface area contributed by atoms with Crippen LogP contribution >= 0.6 is 12.6 Å². The van der Waals surface area contributed by atoms with Gasteiger partial charge in [0.2, 0.25) is 5.91 Å². The number of benzene rings is 2. The highest BCUT2D eigenvalue weighted by molar-refractivity contribution is 7.80. The van der Waals surface area contributed by atoms with Gasteiger partial charge in [-0.15, -0.1) is 0 Å². The van der Waals surface area contributed by atoms with Crippen LogP contribution in [0.2, 0.25) is 0 Å². The summed E-state index contributed by atoms with van der Waals surface area (Å²) >= 11 is 4.66. The van der Waals surface area contributed by atoms with Crippen molar-refractivity contribution in [1.29, 1.82) is 0 Å². The molecular weight excluding hydrogens is 394 g/mol. The molecule has 1 aliphatic heterocycles. The van der Waals surface area contributed by atoms with Gasteiger partial charge in [-0.3, -0.25) is 4.79 Å². The number of hydrogen-bond donors (Lipinski definition) is 3. The molecule has 0 unspecified atom stereocenters. The number of likely N-dealkylation sites (tertiary alicyclic amines) is 1. The Bertz CT molecular complexity index is 831. The van der Waals surface area contributed by atoms with Crippen LogP contribution in [-0.4, -0.2) is 47.8 Å². The Morgan fingerprint density at radius 1 is 1.03 bits per heavy atom. The number of thiol groups is 1. The standard InChI is InChI=1S/C24H31N3O2S/c1-25-22(28)21(16-19-10-4-2-5-11-19)26-23(29)27-15-9-8-14-24(27,18-30)17-20-12-6-3-7-13-20/h2-7,10-13,21,30H,8-9,14-18H2,1H3,(H,25,28)(H,26,29)/t21-,24-/m0/s1. The van der Waals surface area contributed by atoms with E-state index in [1.165, 1.54) is 5.56 Å². The van der Waals surface area contributed by atoms with Crippen molar-refractivity contribution in [3.63, 3.8) is 0 Å². The third kappa shape index (κ3) is 5.36. The number of carbonyl (C=O) groups excluding carboxylic acids is 2. The number of likely N-dealkylation sites (N-methyl/N-ethyl adjacent to an activating group) is 1. The SMILES string of the molecule is CNC(=O)[C@H](Cc1ccccc1)NC(=O)N1CCCC[C@@]1(CS)Cc1ccccc1. The Morgan fingerprint density at radius 2 is 1.67 bits per heavy atom. The van der Waals surface area contributed by atoms with Gasteiger partial charge in [-0.1, -0.05) is 60.7 Å². The Labute approximate surface area is 184 Å². The zero-order chi connectivity index (χ0) is 21.4. The smallest absolute Gasteiger partial charge is 0.318 e. The van der Waals surface area contributed by atoms with Gasteiger partial charge in [0, 0.05) is 25.8 Å². The summed E-state index contributed by atoms with van der Waals surface area (Å²) in [5, 5.41) is 5.68. The van der Waals surface area contributed by atoms with Crippen LogP contribution < -0.4 is 10.6 Å². The normalized spacial score (nSPS) is 19.7. The number of amides is 3. The first-order valence-electron chi connectivity index (χ1n) is 10.6. The highest BCUT2D eigenvalue weighted by atomic mass is 32.1. The minimum Gasteiger partial charge on any atom is -0.357 e. The van der Waals surface area contributed by atoms with Gasteiger partial charge in [0.05, 0.1) is 5.54 Å². The highest BCUT2D eigenvalue weighted by Crippen LogP contribution is 2.33. The molecule has 2 aromatic rings. The molecule has 160 valence electrons. The summed E-state index contributed by atoms with van der Waals surface area (Å²) in [7, 11) is 1.60. The van der Waals surface area contributed by atoms with E-state index in [0.29, 0.717) is 18.7 Å². The first-order chi connectivity index (χ1) is 14.6. The van der Waals surface area contributed by atoms with Gasteiger partial charge in [0.25, 0.3) is 0 Å². The summed E-state index contributed by atoms with van der Waals surface area (Å²) in [4.78, 5) is 27.8. The van der Waals surface area contributed by atoms with E-state index in [4.69, 9.17) is 0 Å². The van der Waals surface area contributed by atoms with E-state index in [0.717, 1.165) is 31.2 Å². The summed E-state index contributed by atoms with van der Waals surface area (Å²) in [6.07, 6.45) is 4.14. The summed E-state index contributed by atoms with van der Waals surface area (Å²) < 4.78 is 0. The van der Waals surface area contributed by atoms with Crippen LogP contribution in [0.4, 0.5) is 4.79 Å².